The van der Waals surface area contributed by atoms with Crippen LogP contribution in [0, 0.1) is 0 Å². The van der Waals surface area contributed by atoms with Gasteiger partial charge >= 0.3 is 106 Å². The van der Waals surface area contributed by atoms with Gasteiger partial charge < -0.3 is 0 Å². The van der Waals surface area contributed by atoms with Gasteiger partial charge in [-0.1, -0.05) is 0 Å². The normalized spacial score (nSPS) is 9.73. The molecule has 86 valence electrons. The Bertz CT molecular complexity index is 207. The Labute approximate surface area is 105 Å². The second-order valence-corrected chi connectivity index (χ2v) is 6.68. The Morgan fingerprint density at radius 2 is 1.87 bits per heavy atom. The molecular weight excluding hydrogens is 267 g/mol. The number of allylic oxidation sites excluding steroid dienone is 3. The van der Waals surface area contributed by atoms with Gasteiger partial charge in [0.15, 0.2) is 0 Å². The number of hydrogen-bond donors (Lipinski definition) is 0. The summed E-state index contributed by atoms with van der Waals surface area (Å²) in [6.07, 6.45) is 8.66. The van der Waals surface area contributed by atoms with E-state index < -0.39 is 0 Å². The first-order valence-corrected chi connectivity index (χ1v) is 8.96. The van der Waals surface area contributed by atoms with Gasteiger partial charge in [-0.3, -0.25) is 0 Å². The van der Waals surface area contributed by atoms with Gasteiger partial charge in [0.2, 0.25) is 0 Å². The topological polar surface area (TPSA) is 0 Å². The standard InChI is InChI=1S/C13H22SSe/c1-5-8-11-14-13(15-4)12(9-6-2)10-7-3/h6-7H,2-3,5,8-11H2,1,4H3. The Morgan fingerprint density at radius 3 is 2.27 bits per heavy atom. The molecule has 0 fully saturated rings. The van der Waals surface area contributed by atoms with Gasteiger partial charge in [-0.2, -0.15) is 0 Å². The summed E-state index contributed by atoms with van der Waals surface area (Å²) in [4.78, 5) is 0. The summed E-state index contributed by atoms with van der Waals surface area (Å²) >= 11 is 2.66. The first-order chi connectivity index (χ1) is 7.29. The van der Waals surface area contributed by atoms with Crippen LogP contribution in [-0.2, 0) is 0 Å². The van der Waals surface area contributed by atoms with Crippen LogP contribution in [0.15, 0.2) is 34.7 Å². The van der Waals surface area contributed by atoms with E-state index in [9.17, 15) is 0 Å². The van der Waals surface area contributed by atoms with Gasteiger partial charge in [-0.15, -0.1) is 0 Å². The van der Waals surface area contributed by atoms with E-state index in [0.29, 0.717) is 15.0 Å². The summed E-state index contributed by atoms with van der Waals surface area (Å²) in [6.45, 7) is 9.90. The Balaban J connectivity index is 4.39. The van der Waals surface area contributed by atoms with E-state index in [-0.39, 0.29) is 0 Å². The second kappa shape index (κ2) is 10.6. The van der Waals surface area contributed by atoms with E-state index in [2.05, 4.69) is 25.9 Å². The van der Waals surface area contributed by atoms with E-state index in [4.69, 9.17) is 0 Å². The van der Waals surface area contributed by atoms with Crippen molar-refractivity contribution < 1.29 is 0 Å². The fourth-order valence-corrected chi connectivity index (χ4v) is 4.54. The SMILES string of the molecule is C=CCC(CC=C)=C(SCCCC)[Se]C. The van der Waals surface area contributed by atoms with Gasteiger partial charge in [0.1, 0.15) is 0 Å². The minimum atomic E-state index is 0.611. The van der Waals surface area contributed by atoms with Crippen molar-refractivity contribution in [2.75, 3.05) is 5.75 Å². The fraction of sp³-hybridized carbons (Fsp3) is 0.538. The Hall–Kier alpha value is 0.0895. The first-order valence-electron chi connectivity index (χ1n) is 5.40. The molecule has 0 saturated carbocycles. The van der Waals surface area contributed by atoms with Gasteiger partial charge in [-0.25, -0.2) is 0 Å². The van der Waals surface area contributed by atoms with Crippen molar-refractivity contribution in [1.82, 2.24) is 0 Å². The van der Waals surface area contributed by atoms with Crippen LogP contribution in [0.4, 0.5) is 0 Å². The summed E-state index contributed by atoms with van der Waals surface area (Å²) in [6, 6.07) is 0. The summed E-state index contributed by atoms with van der Waals surface area (Å²) in [5.41, 5.74) is 1.53. The van der Waals surface area contributed by atoms with E-state index in [0.717, 1.165) is 12.8 Å². The molecule has 0 aromatic heterocycles. The third-order valence-electron chi connectivity index (χ3n) is 1.99. The molecule has 0 nitrogen and oxygen atoms in total. The molecule has 0 aliphatic heterocycles. The molecule has 0 aliphatic rings. The first kappa shape index (κ1) is 15.1. The molecule has 0 radical (unpaired) electrons. The molecule has 0 unspecified atom stereocenters. The molecule has 15 heavy (non-hydrogen) atoms. The van der Waals surface area contributed by atoms with Crippen LogP contribution < -0.4 is 0 Å². The van der Waals surface area contributed by atoms with Crippen LogP contribution in [0.1, 0.15) is 32.6 Å². The average Bonchev–Trinajstić information content (AvgIpc) is 2.24. The molecule has 0 atom stereocenters. The van der Waals surface area contributed by atoms with Gasteiger partial charge in [-0.05, 0) is 0 Å². The quantitative estimate of drug-likeness (QED) is 0.338. The summed E-state index contributed by atoms with van der Waals surface area (Å²) in [7, 11) is 0. The maximum absolute atomic E-state index is 3.83. The van der Waals surface area contributed by atoms with Crippen molar-refractivity contribution in [3.63, 3.8) is 0 Å². The molecule has 0 amide bonds. The average molecular weight is 289 g/mol. The molecule has 0 rings (SSSR count). The minimum absolute atomic E-state index is 0.611. The van der Waals surface area contributed by atoms with E-state index >= 15 is 0 Å². The predicted octanol–water partition coefficient (Wildman–Crippen LogP) is 4.64. The van der Waals surface area contributed by atoms with Crippen LogP contribution in [0.3, 0.4) is 0 Å². The third-order valence-corrected chi connectivity index (χ3v) is 6.02. The molecule has 0 aliphatic carbocycles. The van der Waals surface area contributed by atoms with Crippen LogP contribution in [0.5, 0.6) is 0 Å². The van der Waals surface area contributed by atoms with Gasteiger partial charge in [0.25, 0.3) is 0 Å². The van der Waals surface area contributed by atoms with E-state index in [1.54, 1.807) is 3.80 Å². The third kappa shape index (κ3) is 7.05. The monoisotopic (exact) mass is 290 g/mol. The molecule has 0 heterocycles. The Kier molecular flexibility index (Phi) is 10.7. The van der Waals surface area contributed by atoms with Crippen molar-refractivity contribution >= 4 is 26.7 Å². The van der Waals surface area contributed by atoms with E-state index in [1.165, 1.54) is 24.2 Å². The van der Waals surface area contributed by atoms with E-state index in [1.807, 2.05) is 23.9 Å². The number of rotatable bonds is 9. The number of thioether (sulfide) groups is 1. The number of unbranched alkanes of at least 4 members (excludes halogenated alkanes) is 1. The zero-order valence-corrected chi connectivity index (χ0v) is 12.5. The predicted molar refractivity (Wildman–Crippen MR) is 75.6 cm³/mol. The summed E-state index contributed by atoms with van der Waals surface area (Å²) < 4.78 is 1.61. The van der Waals surface area contributed by atoms with Crippen molar-refractivity contribution in [2.45, 2.75) is 38.4 Å². The van der Waals surface area contributed by atoms with Gasteiger partial charge in [0.05, 0.1) is 0 Å². The van der Waals surface area contributed by atoms with Crippen LogP contribution in [0.2, 0.25) is 5.82 Å². The summed E-state index contributed by atoms with van der Waals surface area (Å²) in [5.74, 6) is 3.56. The molecule has 0 aromatic carbocycles. The summed E-state index contributed by atoms with van der Waals surface area (Å²) in [5, 5.41) is 0. The molecular formula is C13H22SSe. The molecule has 2 heteroatoms. The van der Waals surface area contributed by atoms with Crippen molar-refractivity contribution in [2.24, 2.45) is 0 Å². The zero-order chi connectivity index (χ0) is 11.5. The van der Waals surface area contributed by atoms with Crippen LogP contribution in [-0.4, -0.2) is 20.7 Å². The van der Waals surface area contributed by atoms with Crippen molar-refractivity contribution in [3.8, 4) is 0 Å². The molecule has 0 saturated heterocycles. The fourth-order valence-electron chi connectivity index (χ4n) is 1.21. The van der Waals surface area contributed by atoms with Crippen LogP contribution in [0.25, 0.3) is 0 Å². The van der Waals surface area contributed by atoms with Crippen molar-refractivity contribution in [1.29, 1.82) is 0 Å². The molecule has 0 spiro atoms. The molecule has 0 aromatic rings. The number of hydrogen-bond acceptors (Lipinski definition) is 1. The molecule has 0 bridgehead atoms. The van der Waals surface area contributed by atoms with Gasteiger partial charge in [0, 0.05) is 0 Å². The van der Waals surface area contributed by atoms with Crippen LogP contribution >= 0.6 is 11.8 Å². The molecule has 0 N–H and O–H groups in total. The zero-order valence-electron chi connectivity index (χ0n) is 9.92. The maximum atomic E-state index is 3.83. The van der Waals surface area contributed by atoms with Crippen molar-refractivity contribution in [3.05, 3.63) is 34.7 Å². The second-order valence-electron chi connectivity index (χ2n) is 3.28. The Morgan fingerprint density at radius 1 is 1.27 bits per heavy atom.